The van der Waals surface area contributed by atoms with Gasteiger partial charge in [-0.2, -0.15) is 30.3 Å². The predicted octanol–water partition coefficient (Wildman–Crippen LogP) is 7.93. The Bertz CT molecular complexity index is 1590. The number of aliphatic hydroxyl groups is 1. The smallest absolute Gasteiger partial charge is 0.481 e. The van der Waals surface area contributed by atoms with Crippen molar-refractivity contribution in [3.8, 4) is 0 Å². The van der Waals surface area contributed by atoms with Crippen LogP contribution in [0.25, 0.3) is 0 Å². The molecule has 0 saturated carbocycles. The molecular weight excluding hydrogens is 756 g/mol. The molecular formula is C43H45N2O3P2Ru. The summed E-state index contributed by atoms with van der Waals surface area (Å²) in [4.78, 5) is 9.00. The van der Waals surface area contributed by atoms with Crippen molar-refractivity contribution < 1.29 is 34.5 Å². The summed E-state index contributed by atoms with van der Waals surface area (Å²) >= 11 is 0. The molecule has 0 heterocycles. The van der Waals surface area contributed by atoms with Gasteiger partial charge in [-0.05, 0) is 40.9 Å². The van der Waals surface area contributed by atoms with Crippen molar-refractivity contribution in [3.63, 3.8) is 0 Å². The van der Waals surface area contributed by atoms with Crippen LogP contribution in [0.1, 0.15) is 30.1 Å². The molecule has 0 aromatic heterocycles. The summed E-state index contributed by atoms with van der Waals surface area (Å²) in [6, 6.07) is 67.3. The first-order chi connectivity index (χ1) is 24.5. The number of likely N-dealkylation sites (N-methyl/N-ethyl adjacent to an activating group) is 2. The van der Waals surface area contributed by atoms with Crippen molar-refractivity contribution >= 4 is 43.3 Å². The van der Waals surface area contributed by atoms with Gasteiger partial charge in [-0.25, -0.2) is 0 Å². The number of carbonyl (C=O) groups is 1. The predicted molar refractivity (Wildman–Crippen MR) is 212 cm³/mol. The van der Waals surface area contributed by atoms with E-state index in [1.807, 2.05) is 0 Å². The van der Waals surface area contributed by atoms with E-state index in [1.165, 1.54) is 32.3 Å². The SMILES string of the molecule is CC(=O)O.CN([C@@H](c1[c-]cccc1)[C@H](c1ccccc1)N(C)P(c1ccccc1)c1ccccc1)P(c1ccccc1)c1ccccc1.CO.[Ru+]. The molecule has 5 nitrogen and oxygen atoms in total. The van der Waals surface area contributed by atoms with Crippen molar-refractivity contribution in [3.05, 3.63) is 193 Å². The minimum absolute atomic E-state index is 0. The van der Waals surface area contributed by atoms with E-state index < -0.39 is 22.1 Å². The van der Waals surface area contributed by atoms with E-state index >= 15 is 0 Å². The van der Waals surface area contributed by atoms with Crippen LogP contribution in [0.15, 0.2) is 176 Å². The number of rotatable bonds is 11. The van der Waals surface area contributed by atoms with E-state index in [9.17, 15) is 0 Å². The van der Waals surface area contributed by atoms with Crippen LogP contribution in [0.3, 0.4) is 0 Å². The summed E-state index contributed by atoms with van der Waals surface area (Å²) < 4.78 is 5.27. The van der Waals surface area contributed by atoms with Gasteiger partial charge in [0, 0.05) is 36.2 Å². The zero-order valence-corrected chi connectivity index (χ0v) is 32.9. The maximum absolute atomic E-state index is 9.00. The fourth-order valence-corrected chi connectivity index (χ4v) is 10.9. The average molecular weight is 801 g/mol. The zero-order valence-electron chi connectivity index (χ0n) is 29.3. The van der Waals surface area contributed by atoms with Crippen LogP contribution in [-0.2, 0) is 24.3 Å². The molecule has 6 aromatic carbocycles. The standard InChI is InChI=1S/C40H37N2P2.C2H4O2.CH4O.Ru/c1-41(43(35-25-13-5-14-26-35)36-27-15-6-16-28-36)39(33-21-9-3-10-22-33)40(34-23-11-4-12-24-34)42(2)44(37-29-17-7-18-30-37)38-31-19-8-20-32-38;1-2(3)4;1-2;/h3-23,25-32,39-40H,1-2H3;1H3,(H,3,4);2H,1H3;/q-1;;;+1/t39-,40-;;;/m0.../s1. The fraction of sp³-hybridized carbons (Fsp3) is 0.140. The number of carboxylic acids is 1. The van der Waals surface area contributed by atoms with Crippen LogP contribution >= 0.6 is 16.1 Å². The van der Waals surface area contributed by atoms with Crippen molar-refractivity contribution in [1.29, 1.82) is 0 Å². The Balaban J connectivity index is 0.000000939. The topological polar surface area (TPSA) is 64.0 Å². The quantitative estimate of drug-likeness (QED) is 0.0793. The second kappa shape index (κ2) is 22.2. The Labute approximate surface area is 319 Å². The van der Waals surface area contributed by atoms with Crippen LogP contribution in [-0.4, -0.2) is 46.7 Å². The summed E-state index contributed by atoms with van der Waals surface area (Å²) in [5.41, 5.74) is 2.48. The van der Waals surface area contributed by atoms with Crippen molar-refractivity contribution in [2.45, 2.75) is 19.0 Å². The first-order valence-corrected chi connectivity index (χ1v) is 19.0. The molecule has 0 saturated heterocycles. The van der Waals surface area contributed by atoms with E-state index in [-0.39, 0.29) is 31.6 Å². The van der Waals surface area contributed by atoms with Gasteiger partial charge >= 0.3 is 19.5 Å². The molecule has 0 fully saturated rings. The molecule has 8 heteroatoms. The first kappa shape index (κ1) is 41.6. The van der Waals surface area contributed by atoms with Gasteiger partial charge in [-0.1, -0.05) is 152 Å². The van der Waals surface area contributed by atoms with E-state index in [4.69, 9.17) is 15.0 Å². The van der Waals surface area contributed by atoms with Gasteiger partial charge in [-0.15, -0.1) is 5.56 Å². The van der Waals surface area contributed by atoms with Gasteiger partial charge in [0.15, 0.2) is 0 Å². The van der Waals surface area contributed by atoms with E-state index in [0.29, 0.717) is 0 Å². The van der Waals surface area contributed by atoms with Crippen molar-refractivity contribution in [1.82, 2.24) is 9.34 Å². The summed E-state index contributed by atoms with van der Waals surface area (Å²) in [7, 11) is 3.93. The Morgan fingerprint density at radius 2 is 0.824 bits per heavy atom. The fourth-order valence-electron chi connectivity index (χ4n) is 5.97. The number of aliphatic hydroxyl groups excluding tert-OH is 1. The molecule has 51 heavy (non-hydrogen) atoms. The third-order valence-electron chi connectivity index (χ3n) is 7.93. The van der Waals surface area contributed by atoms with Gasteiger partial charge in [0.1, 0.15) is 0 Å². The zero-order chi connectivity index (χ0) is 35.7. The third-order valence-corrected chi connectivity index (χ3v) is 12.8. The summed E-state index contributed by atoms with van der Waals surface area (Å²) in [6.07, 6.45) is 0. The van der Waals surface area contributed by atoms with Crippen LogP contribution < -0.4 is 21.2 Å². The summed E-state index contributed by atoms with van der Waals surface area (Å²) in [6.45, 7) is 1.08. The Hall–Kier alpha value is -3.85. The normalized spacial score (nSPS) is 11.8. The maximum Gasteiger partial charge on any atom is 1.00 e. The average Bonchev–Trinajstić information content (AvgIpc) is 3.17. The Morgan fingerprint density at radius 1 is 0.529 bits per heavy atom. The molecule has 6 rings (SSSR count). The van der Waals surface area contributed by atoms with Crippen molar-refractivity contribution in [2.24, 2.45) is 0 Å². The van der Waals surface area contributed by atoms with Crippen LogP contribution in [0.2, 0.25) is 0 Å². The molecule has 0 unspecified atom stereocenters. The Morgan fingerprint density at radius 3 is 1.14 bits per heavy atom. The number of nitrogens with zero attached hydrogens (tertiary/aromatic N) is 2. The molecule has 2 N–H and O–H groups in total. The minimum Gasteiger partial charge on any atom is -0.481 e. The second-order valence-electron chi connectivity index (χ2n) is 11.3. The Kier molecular flexibility index (Phi) is 18.1. The van der Waals surface area contributed by atoms with Gasteiger partial charge in [0.05, 0.1) is 6.04 Å². The van der Waals surface area contributed by atoms with Gasteiger partial charge in [-0.3, -0.25) is 14.1 Å². The first-order valence-electron chi connectivity index (χ1n) is 16.4. The van der Waals surface area contributed by atoms with E-state index in [1.54, 1.807) is 0 Å². The molecule has 0 bridgehead atoms. The van der Waals surface area contributed by atoms with Crippen LogP contribution in [0, 0.1) is 6.07 Å². The van der Waals surface area contributed by atoms with Crippen molar-refractivity contribution in [2.75, 3.05) is 21.2 Å². The van der Waals surface area contributed by atoms with Crippen LogP contribution in [0.4, 0.5) is 0 Å². The molecule has 0 aliphatic carbocycles. The second-order valence-corrected chi connectivity index (χ2v) is 15.8. The number of carboxylic acid groups (broad SMARTS) is 1. The summed E-state index contributed by atoms with van der Waals surface area (Å²) in [5, 5.41) is 19.8. The monoisotopic (exact) mass is 801 g/mol. The van der Waals surface area contributed by atoms with Gasteiger partial charge < -0.3 is 10.2 Å². The largest absolute Gasteiger partial charge is 1.00 e. The molecule has 6 aromatic rings. The van der Waals surface area contributed by atoms with Gasteiger partial charge in [0.25, 0.3) is 5.97 Å². The molecule has 0 aliphatic rings. The number of aliphatic carboxylic acids is 1. The summed E-state index contributed by atoms with van der Waals surface area (Å²) in [5.74, 6) is -0.833. The number of hydrogen-bond donors (Lipinski definition) is 2. The van der Waals surface area contributed by atoms with Gasteiger partial charge in [0.2, 0.25) is 0 Å². The molecule has 263 valence electrons. The number of benzene rings is 6. The van der Waals surface area contributed by atoms with E-state index in [2.05, 4.69) is 205 Å². The van der Waals surface area contributed by atoms with Crippen LogP contribution in [0.5, 0.6) is 0 Å². The minimum atomic E-state index is -0.857. The molecule has 0 amide bonds. The molecule has 0 aliphatic heterocycles. The maximum atomic E-state index is 9.00. The third kappa shape index (κ3) is 11.6. The molecule has 0 spiro atoms. The molecule has 1 radical (unpaired) electrons. The number of hydrogen-bond acceptors (Lipinski definition) is 4. The van der Waals surface area contributed by atoms with E-state index in [0.717, 1.165) is 14.0 Å². The molecule has 2 atom stereocenters.